The van der Waals surface area contributed by atoms with Gasteiger partial charge < -0.3 is 5.32 Å². The average molecular weight is 291 g/mol. The summed E-state index contributed by atoms with van der Waals surface area (Å²) in [6.45, 7) is 1.87. The van der Waals surface area contributed by atoms with E-state index in [4.69, 9.17) is 0 Å². The highest BCUT2D eigenvalue weighted by molar-refractivity contribution is 7.91. The van der Waals surface area contributed by atoms with E-state index in [9.17, 15) is 12.8 Å². The van der Waals surface area contributed by atoms with E-state index in [1.54, 1.807) is 36.4 Å². The lowest BCUT2D eigenvalue weighted by Gasteiger charge is -2.15. The number of fused-ring (bicyclic) bond motifs is 1. The summed E-state index contributed by atoms with van der Waals surface area (Å²) in [7, 11) is -3.28. The maximum absolute atomic E-state index is 13.8. The van der Waals surface area contributed by atoms with Gasteiger partial charge in [-0.25, -0.2) is 12.8 Å². The zero-order valence-corrected chi connectivity index (χ0v) is 11.7. The quantitative estimate of drug-likeness (QED) is 0.925. The molecule has 0 radical (unpaired) electrons. The lowest BCUT2D eigenvalue weighted by molar-refractivity contribution is 0.598. The molecule has 0 saturated heterocycles. The topological polar surface area (TPSA) is 46.2 Å². The first-order valence-corrected chi connectivity index (χ1v) is 7.97. The molecular weight excluding hydrogens is 277 g/mol. The molecule has 2 aromatic carbocycles. The normalized spacial score (nSPS) is 19.6. The molecule has 1 atom stereocenters. The average Bonchev–Trinajstić information content (AvgIpc) is 2.66. The summed E-state index contributed by atoms with van der Waals surface area (Å²) < 4.78 is 37.9. The van der Waals surface area contributed by atoms with Gasteiger partial charge >= 0.3 is 0 Å². The highest BCUT2D eigenvalue weighted by Gasteiger charge is 2.34. The van der Waals surface area contributed by atoms with E-state index in [2.05, 4.69) is 5.32 Å². The summed E-state index contributed by atoms with van der Waals surface area (Å²) in [5.74, 6) is -0.419. The Hall–Kier alpha value is -1.88. The first-order chi connectivity index (χ1) is 9.47. The minimum atomic E-state index is -3.28. The van der Waals surface area contributed by atoms with E-state index in [1.807, 2.05) is 6.92 Å². The van der Waals surface area contributed by atoms with E-state index in [-0.39, 0.29) is 11.6 Å². The predicted octanol–water partition coefficient (Wildman–Crippen LogP) is 3.07. The Morgan fingerprint density at radius 3 is 2.75 bits per heavy atom. The highest BCUT2D eigenvalue weighted by Crippen LogP contribution is 2.35. The molecule has 20 heavy (non-hydrogen) atoms. The van der Waals surface area contributed by atoms with Crippen LogP contribution in [0.1, 0.15) is 17.2 Å². The third-order valence-corrected chi connectivity index (χ3v) is 5.28. The van der Waals surface area contributed by atoms with Crippen LogP contribution in [0.5, 0.6) is 0 Å². The number of anilines is 1. The standard InChI is InChI=1S/C15H14FNO2S/c1-10-6-7-12(16)13(8-10)17-14-9-20(18,19)15-5-3-2-4-11(14)15/h2-8,14,17H,9H2,1H3. The van der Waals surface area contributed by atoms with Crippen LogP contribution in [0.2, 0.25) is 0 Å². The first-order valence-electron chi connectivity index (χ1n) is 6.32. The molecule has 2 aromatic rings. The summed E-state index contributed by atoms with van der Waals surface area (Å²) in [6.07, 6.45) is 0. The SMILES string of the molecule is Cc1ccc(F)c(NC2CS(=O)(=O)c3ccccc32)c1. The molecule has 1 aliphatic rings. The van der Waals surface area contributed by atoms with Crippen molar-refractivity contribution in [1.82, 2.24) is 0 Å². The van der Waals surface area contributed by atoms with Crippen molar-refractivity contribution in [3.8, 4) is 0 Å². The Bertz CT molecular complexity index is 771. The molecule has 1 aliphatic heterocycles. The van der Waals surface area contributed by atoms with Gasteiger partial charge in [-0.2, -0.15) is 0 Å². The molecule has 1 N–H and O–H groups in total. The highest BCUT2D eigenvalue weighted by atomic mass is 32.2. The van der Waals surface area contributed by atoms with Gasteiger partial charge in [0.05, 0.1) is 22.4 Å². The molecule has 5 heteroatoms. The van der Waals surface area contributed by atoms with E-state index >= 15 is 0 Å². The molecule has 0 bridgehead atoms. The Morgan fingerprint density at radius 2 is 1.95 bits per heavy atom. The van der Waals surface area contributed by atoms with Crippen molar-refractivity contribution in [3.05, 3.63) is 59.4 Å². The molecular formula is C15H14FNO2S. The maximum Gasteiger partial charge on any atom is 0.181 e. The van der Waals surface area contributed by atoms with Gasteiger partial charge in [0.25, 0.3) is 0 Å². The second-order valence-corrected chi connectivity index (χ2v) is 7.00. The molecule has 0 spiro atoms. The van der Waals surface area contributed by atoms with Crippen LogP contribution >= 0.6 is 0 Å². The smallest absolute Gasteiger partial charge is 0.181 e. The van der Waals surface area contributed by atoms with Crippen molar-refractivity contribution in [2.24, 2.45) is 0 Å². The van der Waals surface area contributed by atoms with Crippen LogP contribution in [0, 0.1) is 12.7 Å². The number of halogens is 1. The predicted molar refractivity (Wildman–Crippen MR) is 76.0 cm³/mol. The van der Waals surface area contributed by atoms with Crippen LogP contribution in [0.4, 0.5) is 10.1 Å². The molecule has 0 aliphatic carbocycles. The summed E-state index contributed by atoms with van der Waals surface area (Å²) in [4.78, 5) is 0.338. The fourth-order valence-corrected chi connectivity index (χ4v) is 4.24. The summed E-state index contributed by atoms with van der Waals surface area (Å²) in [6, 6.07) is 11.2. The maximum atomic E-state index is 13.8. The molecule has 0 fully saturated rings. The van der Waals surface area contributed by atoms with E-state index in [0.717, 1.165) is 5.56 Å². The third-order valence-electron chi connectivity index (χ3n) is 3.47. The zero-order chi connectivity index (χ0) is 14.3. The minimum Gasteiger partial charge on any atom is -0.375 e. The number of hydrogen-bond donors (Lipinski definition) is 1. The van der Waals surface area contributed by atoms with Crippen molar-refractivity contribution < 1.29 is 12.8 Å². The van der Waals surface area contributed by atoms with Crippen LogP contribution in [0.15, 0.2) is 47.4 Å². The molecule has 0 amide bonds. The Balaban J connectivity index is 2.00. The number of nitrogens with one attached hydrogen (secondary N) is 1. The van der Waals surface area contributed by atoms with Gasteiger partial charge in [-0.15, -0.1) is 0 Å². The van der Waals surface area contributed by atoms with Gasteiger partial charge in [-0.1, -0.05) is 24.3 Å². The fourth-order valence-electron chi connectivity index (χ4n) is 2.51. The van der Waals surface area contributed by atoms with Crippen LogP contribution in [0.25, 0.3) is 0 Å². The number of sulfone groups is 1. The van der Waals surface area contributed by atoms with Crippen LogP contribution in [0.3, 0.4) is 0 Å². The second-order valence-electron chi connectivity index (χ2n) is 5.00. The minimum absolute atomic E-state index is 0.0419. The molecule has 0 aromatic heterocycles. The van der Waals surface area contributed by atoms with Crippen molar-refractivity contribution in [3.63, 3.8) is 0 Å². The number of benzene rings is 2. The van der Waals surface area contributed by atoms with Crippen molar-refractivity contribution >= 4 is 15.5 Å². The van der Waals surface area contributed by atoms with Gasteiger partial charge in [0, 0.05) is 0 Å². The zero-order valence-electron chi connectivity index (χ0n) is 10.9. The largest absolute Gasteiger partial charge is 0.375 e. The van der Waals surface area contributed by atoms with Gasteiger partial charge in [-0.05, 0) is 36.2 Å². The molecule has 3 nitrogen and oxygen atoms in total. The van der Waals surface area contributed by atoms with Crippen LogP contribution < -0.4 is 5.32 Å². The molecule has 1 heterocycles. The lowest BCUT2D eigenvalue weighted by atomic mass is 10.1. The molecule has 0 saturated carbocycles. The van der Waals surface area contributed by atoms with E-state index in [0.29, 0.717) is 16.1 Å². The number of aryl methyl sites for hydroxylation is 1. The first kappa shape index (κ1) is 13.1. The summed E-state index contributed by atoms with van der Waals surface area (Å²) in [5, 5.41) is 3.01. The fraction of sp³-hybridized carbons (Fsp3) is 0.200. The van der Waals surface area contributed by atoms with Crippen molar-refractivity contribution in [2.45, 2.75) is 17.9 Å². The van der Waals surface area contributed by atoms with Gasteiger partial charge in [0.1, 0.15) is 5.82 Å². The van der Waals surface area contributed by atoms with Crippen molar-refractivity contribution in [1.29, 1.82) is 0 Å². The molecule has 104 valence electrons. The number of hydrogen-bond acceptors (Lipinski definition) is 3. The Kier molecular flexibility index (Phi) is 3.01. The van der Waals surface area contributed by atoms with Crippen molar-refractivity contribution in [2.75, 3.05) is 11.1 Å². The van der Waals surface area contributed by atoms with E-state index in [1.165, 1.54) is 6.07 Å². The Morgan fingerprint density at radius 1 is 1.20 bits per heavy atom. The lowest BCUT2D eigenvalue weighted by Crippen LogP contribution is -2.13. The second kappa shape index (κ2) is 4.59. The number of rotatable bonds is 2. The van der Waals surface area contributed by atoms with Gasteiger partial charge in [-0.3, -0.25) is 0 Å². The summed E-state index contributed by atoms with van der Waals surface area (Å²) in [5.41, 5.74) is 1.96. The summed E-state index contributed by atoms with van der Waals surface area (Å²) >= 11 is 0. The Labute approximate surface area is 117 Å². The molecule has 1 unspecified atom stereocenters. The molecule has 3 rings (SSSR count). The van der Waals surface area contributed by atoms with Gasteiger partial charge in [0.2, 0.25) is 0 Å². The third kappa shape index (κ3) is 2.18. The van der Waals surface area contributed by atoms with Crippen LogP contribution in [-0.4, -0.2) is 14.2 Å². The van der Waals surface area contributed by atoms with Crippen LogP contribution in [-0.2, 0) is 9.84 Å². The van der Waals surface area contributed by atoms with Gasteiger partial charge in [0.15, 0.2) is 9.84 Å². The van der Waals surface area contributed by atoms with E-state index < -0.39 is 15.9 Å². The monoisotopic (exact) mass is 291 g/mol.